The number of amides is 4. The summed E-state index contributed by atoms with van der Waals surface area (Å²) >= 11 is 0. The fraction of sp³-hybridized carbons (Fsp3) is 0.348. The Morgan fingerprint density at radius 1 is 0.844 bits per heavy atom. The van der Waals surface area contributed by atoms with Gasteiger partial charge in [-0.3, -0.25) is 9.59 Å². The molecule has 3 N–H and O–H groups in total. The van der Waals surface area contributed by atoms with Crippen LogP contribution in [0, 0.1) is 17.6 Å². The molecule has 1 saturated heterocycles. The Morgan fingerprint density at radius 2 is 1.47 bits per heavy atom. The Kier molecular flexibility index (Phi) is 6.34. The van der Waals surface area contributed by atoms with Crippen LogP contribution in [0.1, 0.15) is 36.0 Å². The van der Waals surface area contributed by atoms with Crippen LogP contribution in [0.5, 0.6) is 0 Å². The SMILES string of the molecule is O=C(Nc1ccc(NC(=O)C2CCN(C(=O)c3ccc(F)cc3F)CC2)cc1)NC1CC1. The van der Waals surface area contributed by atoms with Crippen LogP contribution in [0.3, 0.4) is 0 Å². The lowest BCUT2D eigenvalue weighted by atomic mass is 9.95. The zero-order chi connectivity index (χ0) is 22.7. The van der Waals surface area contributed by atoms with Crippen molar-refractivity contribution in [3.05, 3.63) is 59.7 Å². The third kappa shape index (κ3) is 5.40. The molecule has 1 aliphatic carbocycles. The molecule has 4 rings (SSSR count). The zero-order valence-electron chi connectivity index (χ0n) is 17.4. The van der Waals surface area contributed by atoms with E-state index < -0.39 is 17.5 Å². The maximum atomic E-state index is 13.9. The first-order valence-electron chi connectivity index (χ1n) is 10.6. The number of likely N-dealkylation sites (tertiary alicyclic amines) is 1. The number of halogens is 2. The van der Waals surface area contributed by atoms with Gasteiger partial charge in [-0.05, 0) is 62.1 Å². The molecule has 1 heterocycles. The van der Waals surface area contributed by atoms with Gasteiger partial charge in [-0.2, -0.15) is 0 Å². The molecular formula is C23H24F2N4O3. The molecule has 0 spiro atoms. The van der Waals surface area contributed by atoms with Crippen LogP contribution in [0.25, 0.3) is 0 Å². The standard InChI is InChI=1S/C23H24F2N4O3/c24-15-1-8-19(20(25)13-15)22(31)29-11-9-14(10-12-29)21(30)26-16-2-4-17(5-3-16)27-23(32)28-18-6-7-18/h1-5,8,13-14,18H,6-7,9-12H2,(H,26,30)(H2,27,28,32). The number of anilines is 2. The summed E-state index contributed by atoms with van der Waals surface area (Å²) in [4.78, 5) is 38.4. The maximum absolute atomic E-state index is 13.9. The highest BCUT2D eigenvalue weighted by atomic mass is 19.1. The number of carbonyl (C=O) groups excluding carboxylic acids is 3. The highest BCUT2D eigenvalue weighted by molar-refractivity contribution is 5.96. The Balaban J connectivity index is 1.26. The molecule has 1 saturated carbocycles. The van der Waals surface area contributed by atoms with Gasteiger partial charge >= 0.3 is 6.03 Å². The summed E-state index contributed by atoms with van der Waals surface area (Å²) in [7, 11) is 0. The van der Waals surface area contributed by atoms with Crippen molar-refractivity contribution in [2.24, 2.45) is 5.92 Å². The van der Waals surface area contributed by atoms with Crippen LogP contribution in [-0.2, 0) is 4.79 Å². The lowest BCUT2D eigenvalue weighted by Gasteiger charge is -2.31. The van der Waals surface area contributed by atoms with Crippen LogP contribution < -0.4 is 16.0 Å². The molecule has 4 amide bonds. The third-order valence-corrected chi connectivity index (χ3v) is 5.64. The van der Waals surface area contributed by atoms with Gasteiger partial charge in [0.15, 0.2) is 0 Å². The number of nitrogens with zero attached hydrogens (tertiary/aromatic N) is 1. The molecule has 9 heteroatoms. The number of nitrogens with one attached hydrogen (secondary N) is 3. The van der Waals surface area contributed by atoms with E-state index in [1.165, 1.54) is 4.90 Å². The van der Waals surface area contributed by atoms with Gasteiger partial charge in [-0.1, -0.05) is 0 Å². The first-order chi connectivity index (χ1) is 15.4. The van der Waals surface area contributed by atoms with E-state index in [9.17, 15) is 23.2 Å². The fourth-order valence-corrected chi connectivity index (χ4v) is 3.64. The van der Waals surface area contributed by atoms with E-state index in [0.29, 0.717) is 43.4 Å². The van der Waals surface area contributed by atoms with Crippen LogP contribution in [0.2, 0.25) is 0 Å². The van der Waals surface area contributed by atoms with E-state index in [1.54, 1.807) is 24.3 Å². The Labute approximate surface area is 184 Å². The highest BCUT2D eigenvalue weighted by Crippen LogP contribution is 2.23. The second kappa shape index (κ2) is 9.33. The average molecular weight is 442 g/mol. The second-order valence-corrected chi connectivity index (χ2v) is 8.13. The summed E-state index contributed by atoms with van der Waals surface area (Å²) in [6.45, 7) is 0.624. The van der Waals surface area contributed by atoms with Gasteiger partial charge in [0.25, 0.3) is 5.91 Å². The van der Waals surface area contributed by atoms with Gasteiger partial charge in [-0.15, -0.1) is 0 Å². The van der Waals surface area contributed by atoms with Gasteiger partial charge in [0.05, 0.1) is 5.56 Å². The van der Waals surface area contributed by atoms with Crippen molar-refractivity contribution >= 4 is 29.2 Å². The molecule has 7 nitrogen and oxygen atoms in total. The maximum Gasteiger partial charge on any atom is 0.319 e. The van der Waals surface area contributed by atoms with Crippen molar-refractivity contribution in [1.29, 1.82) is 0 Å². The number of carbonyl (C=O) groups is 3. The quantitative estimate of drug-likeness (QED) is 0.659. The Bertz CT molecular complexity index is 1020. The molecule has 2 fully saturated rings. The number of rotatable bonds is 5. The normalized spacial score (nSPS) is 16.4. The van der Waals surface area contributed by atoms with Crippen LogP contribution in [0.4, 0.5) is 25.0 Å². The summed E-state index contributed by atoms with van der Waals surface area (Å²) in [5.74, 6) is -2.57. The molecule has 0 atom stereocenters. The first-order valence-corrected chi connectivity index (χ1v) is 10.6. The molecular weight excluding hydrogens is 418 g/mol. The minimum absolute atomic E-state index is 0.155. The summed E-state index contributed by atoms with van der Waals surface area (Å²) in [6.07, 6.45) is 2.91. The minimum atomic E-state index is -0.891. The molecule has 0 aromatic heterocycles. The van der Waals surface area contributed by atoms with Crippen molar-refractivity contribution in [2.45, 2.75) is 31.7 Å². The molecule has 168 valence electrons. The van der Waals surface area contributed by atoms with E-state index in [-0.39, 0.29) is 29.5 Å². The second-order valence-electron chi connectivity index (χ2n) is 8.13. The lowest BCUT2D eigenvalue weighted by Crippen LogP contribution is -2.41. The Hall–Kier alpha value is -3.49. The lowest BCUT2D eigenvalue weighted by molar-refractivity contribution is -0.121. The summed E-state index contributed by atoms with van der Waals surface area (Å²) in [5, 5.41) is 8.43. The summed E-state index contributed by atoms with van der Waals surface area (Å²) < 4.78 is 26.9. The van der Waals surface area contributed by atoms with E-state index >= 15 is 0 Å². The van der Waals surface area contributed by atoms with Gasteiger partial charge < -0.3 is 20.9 Å². The zero-order valence-corrected chi connectivity index (χ0v) is 17.4. The average Bonchev–Trinajstić information content (AvgIpc) is 3.58. The minimum Gasteiger partial charge on any atom is -0.339 e. The molecule has 0 unspecified atom stereocenters. The monoisotopic (exact) mass is 442 g/mol. The Morgan fingerprint density at radius 3 is 2.06 bits per heavy atom. The first kappa shape index (κ1) is 21.7. The highest BCUT2D eigenvalue weighted by Gasteiger charge is 2.29. The number of hydrogen-bond acceptors (Lipinski definition) is 3. The number of hydrogen-bond donors (Lipinski definition) is 3. The molecule has 0 bridgehead atoms. The number of piperidine rings is 1. The predicted molar refractivity (Wildman–Crippen MR) is 115 cm³/mol. The van der Waals surface area contributed by atoms with Gasteiger partial charge in [0, 0.05) is 42.5 Å². The van der Waals surface area contributed by atoms with Crippen molar-refractivity contribution in [2.75, 3.05) is 23.7 Å². The molecule has 2 aliphatic rings. The molecule has 32 heavy (non-hydrogen) atoms. The summed E-state index contributed by atoms with van der Waals surface area (Å²) in [5.41, 5.74) is 1.06. The fourth-order valence-electron chi connectivity index (χ4n) is 3.64. The smallest absolute Gasteiger partial charge is 0.319 e. The van der Waals surface area contributed by atoms with E-state index in [0.717, 1.165) is 25.0 Å². The summed E-state index contributed by atoms with van der Waals surface area (Å²) in [6, 6.07) is 9.74. The van der Waals surface area contributed by atoms with Crippen LogP contribution in [-0.4, -0.2) is 41.9 Å². The van der Waals surface area contributed by atoms with E-state index in [4.69, 9.17) is 0 Å². The molecule has 0 radical (unpaired) electrons. The van der Waals surface area contributed by atoms with E-state index in [2.05, 4.69) is 16.0 Å². The number of benzene rings is 2. The van der Waals surface area contributed by atoms with Crippen molar-refractivity contribution < 1.29 is 23.2 Å². The van der Waals surface area contributed by atoms with Gasteiger partial charge in [0.2, 0.25) is 5.91 Å². The van der Waals surface area contributed by atoms with Crippen molar-refractivity contribution in [3.63, 3.8) is 0 Å². The van der Waals surface area contributed by atoms with Crippen LogP contribution >= 0.6 is 0 Å². The topological polar surface area (TPSA) is 90.5 Å². The molecule has 1 aliphatic heterocycles. The van der Waals surface area contributed by atoms with Crippen LogP contribution in [0.15, 0.2) is 42.5 Å². The number of urea groups is 1. The van der Waals surface area contributed by atoms with Gasteiger partial charge in [-0.25, -0.2) is 13.6 Å². The largest absolute Gasteiger partial charge is 0.339 e. The van der Waals surface area contributed by atoms with Crippen molar-refractivity contribution in [1.82, 2.24) is 10.2 Å². The predicted octanol–water partition coefficient (Wildman–Crippen LogP) is 3.74. The molecule has 2 aromatic rings. The van der Waals surface area contributed by atoms with Gasteiger partial charge in [0.1, 0.15) is 11.6 Å². The molecule has 2 aromatic carbocycles. The third-order valence-electron chi connectivity index (χ3n) is 5.64. The van der Waals surface area contributed by atoms with Crippen molar-refractivity contribution in [3.8, 4) is 0 Å². The van der Waals surface area contributed by atoms with E-state index in [1.807, 2.05) is 0 Å².